The van der Waals surface area contributed by atoms with Gasteiger partial charge in [0.25, 0.3) is 0 Å². The van der Waals surface area contributed by atoms with Crippen LogP contribution in [0.5, 0.6) is 0 Å². The van der Waals surface area contributed by atoms with E-state index in [4.69, 9.17) is 5.11 Å². The second kappa shape index (κ2) is 12.3. The summed E-state index contributed by atoms with van der Waals surface area (Å²) < 4.78 is 66.8. The van der Waals surface area contributed by atoms with Crippen LogP contribution in [0.1, 0.15) is 75.3 Å². The Kier molecular flexibility index (Phi) is 10.4. The number of nitrogens with one attached hydrogen (secondary N) is 1. The zero-order valence-corrected chi connectivity index (χ0v) is 19.9. The second-order valence-electron chi connectivity index (χ2n) is 8.68. The van der Waals surface area contributed by atoms with E-state index < -0.39 is 21.8 Å². The standard InChI is InChI=1S/C23H37F3N2O3S/c1-3-28(15-16-29)14-6-4-5-7-18-8-10-19(11-9-18)21-17-20(23(24,25)26)12-13-22(21)32(30,31)27-2/h12-13,17-19,27,29H,3-11,14-16H2,1-2H3. The van der Waals surface area contributed by atoms with E-state index in [0.717, 1.165) is 69.8 Å². The van der Waals surface area contributed by atoms with Crippen LogP contribution in [0.25, 0.3) is 0 Å². The van der Waals surface area contributed by atoms with E-state index >= 15 is 0 Å². The van der Waals surface area contributed by atoms with Crippen molar-refractivity contribution < 1.29 is 26.7 Å². The van der Waals surface area contributed by atoms with Crippen LogP contribution < -0.4 is 4.72 Å². The van der Waals surface area contributed by atoms with Gasteiger partial charge in [0.1, 0.15) is 0 Å². The molecule has 0 atom stereocenters. The molecule has 0 saturated heterocycles. The topological polar surface area (TPSA) is 69.6 Å². The highest BCUT2D eigenvalue weighted by molar-refractivity contribution is 7.89. The lowest BCUT2D eigenvalue weighted by Gasteiger charge is -2.30. The number of rotatable bonds is 12. The van der Waals surface area contributed by atoms with Crippen molar-refractivity contribution in [3.8, 4) is 0 Å². The Bertz CT molecular complexity index is 807. The number of aliphatic hydroxyl groups excluding tert-OH is 1. The third-order valence-electron chi connectivity index (χ3n) is 6.63. The lowest BCUT2D eigenvalue weighted by molar-refractivity contribution is -0.137. The van der Waals surface area contributed by atoms with Crippen LogP contribution >= 0.6 is 0 Å². The summed E-state index contributed by atoms with van der Waals surface area (Å²) in [5.41, 5.74) is -0.511. The summed E-state index contributed by atoms with van der Waals surface area (Å²) in [5.74, 6) is 0.365. The van der Waals surface area contributed by atoms with Gasteiger partial charge in [-0.15, -0.1) is 0 Å². The largest absolute Gasteiger partial charge is 0.416 e. The third-order valence-corrected chi connectivity index (χ3v) is 8.12. The Labute approximate surface area is 190 Å². The molecular formula is C23H37F3N2O3S. The van der Waals surface area contributed by atoms with Gasteiger partial charge < -0.3 is 10.0 Å². The van der Waals surface area contributed by atoms with E-state index in [-0.39, 0.29) is 23.0 Å². The van der Waals surface area contributed by atoms with Gasteiger partial charge in [0.2, 0.25) is 10.0 Å². The molecule has 0 amide bonds. The number of unbranched alkanes of at least 4 members (excludes halogenated alkanes) is 2. The van der Waals surface area contributed by atoms with E-state index in [2.05, 4.69) is 16.5 Å². The molecule has 1 saturated carbocycles. The molecule has 0 aromatic heterocycles. The number of nitrogens with zero attached hydrogens (tertiary/aromatic N) is 1. The predicted molar refractivity (Wildman–Crippen MR) is 120 cm³/mol. The molecule has 0 unspecified atom stereocenters. The minimum atomic E-state index is -4.50. The number of aliphatic hydroxyl groups is 1. The first-order valence-electron chi connectivity index (χ1n) is 11.6. The van der Waals surface area contributed by atoms with Crippen molar-refractivity contribution in [3.63, 3.8) is 0 Å². The molecule has 1 aromatic carbocycles. The molecule has 0 spiro atoms. The van der Waals surface area contributed by atoms with Crippen molar-refractivity contribution >= 4 is 10.0 Å². The van der Waals surface area contributed by atoms with Crippen LogP contribution in [-0.4, -0.2) is 51.7 Å². The van der Waals surface area contributed by atoms with Crippen molar-refractivity contribution in [3.05, 3.63) is 29.3 Å². The van der Waals surface area contributed by atoms with Gasteiger partial charge >= 0.3 is 6.18 Å². The maximum absolute atomic E-state index is 13.2. The monoisotopic (exact) mass is 478 g/mol. The lowest BCUT2D eigenvalue weighted by atomic mass is 9.76. The number of hydrogen-bond acceptors (Lipinski definition) is 4. The molecule has 32 heavy (non-hydrogen) atoms. The van der Waals surface area contributed by atoms with Gasteiger partial charge in [-0.05, 0) is 87.8 Å². The van der Waals surface area contributed by atoms with Gasteiger partial charge in [-0.3, -0.25) is 0 Å². The first-order chi connectivity index (χ1) is 15.1. The molecule has 9 heteroatoms. The molecule has 1 fully saturated rings. The summed E-state index contributed by atoms with van der Waals surface area (Å²) in [7, 11) is -2.55. The normalized spacial score (nSPS) is 20.1. The van der Waals surface area contributed by atoms with Crippen molar-refractivity contribution in [2.24, 2.45) is 5.92 Å². The number of benzene rings is 1. The average Bonchev–Trinajstić information content (AvgIpc) is 2.77. The molecule has 1 aliphatic rings. The van der Waals surface area contributed by atoms with Gasteiger partial charge in [0, 0.05) is 6.54 Å². The molecular weight excluding hydrogens is 441 g/mol. The highest BCUT2D eigenvalue weighted by atomic mass is 32.2. The Hall–Kier alpha value is -1.16. The first-order valence-corrected chi connectivity index (χ1v) is 13.1. The van der Waals surface area contributed by atoms with Crippen LogP contribution in [0.15, 0.2) is 23.1 Å². The molecule has 0 radical (unpaired) electrons. The Morgan fingerprint density at radius 3 is 2.34 bits per heavy atom. The van der Waals surface area contributed by atoms with Gasteiger partial charge in [0.05, 0.1) is 17.1 Å². The molecule has 0 aliphatic heterocycles. The molecule has 2 N–H and O–H groups in total. The molecule has 0 heterocycles. The zero-order chi connectivity index (χ0) is 23.8. The fraction of sp³-hybridized carbons (Fsp3) is 0.739. The summed E-state index contributed by atoms with van der Waals surface area (Å²) in [6, 6.07) is 2.97. The average molecular weight is 479 g/mol. The quantitative estimate of drug-likeness (QED) is 0.425. The van der Waals surface area contributed by atoms with Gasteiger partial charge in [0.15, 0.2) is 0 Å². The number of likely N-dealkylation sites (N-methyl/N-ethyl adjacent to an activating group) is 1. The summed E-state index contributed by atoms with van der Waals surface area (Å²) in [4.78, 5) is 2.19. The predicted octanol–water partition coefficient (Wildman–Crippen LogP) is 4.76. The van der Waals surface area contributed by atoms with Crippen LogP contribution in [0, 0.1) is 5.92 Å². The maximum Gasteiger partial charge on any atom is 0.416 e. The summed E-state index contributed by atoms with van der Waals surface area (Å²) in [6.07, 6.45) is 3.17. The molecule has 1 aromatic rings. The van der Waals surface area contributed by atoms with E-state index in [0.29, 0.717) is 25.3 Å². The minimum absolute atomic E-state index is 0.0418. The van der Waals surface area contributed by atoms with Crippen LogP contribution in [0.3, 0.4) is 0 Å². The molecule has 1 aliphatic carbocycles. The summed E-state index contributed by atoms with van der Waals surface area (Å²) in [5, 5.41) is 9.04. The van der Waals surface area contributed by atoms with Crippen LogP contribution in [0.2, 0.25) is 0 Å². The third kappa shape index (κ3) is 7.71. The summed E-state index contributed by atoms with van der Waals surface area (Å²) in [6.45, 7) is 4.90. The van der Waals surface area contributed by atoms with Gasteiger partial charge in [-0.1, -0.05) is 26.2 Å². The SMILES string of the molecule is CCN(CCO)CCCCCC1CCC(c2cc(C(F)(F)F)ccc2S(=O)(=O)NC)CC1. The highest BCUT2D eigenvalue weighted by Gasteiger charge is 2.34. The van der Waals surface area contributed by atoms with Crippen molar-refractivity contribution in [1.29, 1.82) is 0 Å². The number of alkyl halides is 3. The molecule has 184 valence electrons. The van der Waals surface area contributed by atoms with Crippen LogP contribution in [0.4, 0.5) is 13.2 Å². The highest BCUT2D eigenvalue weighted by Crippen LogP contribution is 2.42. The number of sulfonamides is 1. The lowest BCUT2D eigenvalue weighted by Crippen LogP contribution is -2.27. The Balaban J connectivity index is 1.93. The van der Waals surface area contributed by atoms with Gasteiger partial charge in [-0.25, -0.2) is 13.1 Å². The zero-order valence-electron chi connectivity index (χ0n) is 19.1. The number of hydrogen-bond donors (Lipinski definition) is 2. The number of halogens is 3. The van der Waals surface area contributed by atoms with Crippen molar-refractivity contribution in [2.75, 3.05) is 33.3 Å². The van der Waals surface area contributed by atoms with Crippen molar-refractivity contribution in [1.82, 2.24) is 9.62 Å². The van der Waals surface area contributed by atoms with E-state index in [9.17, 15) is 21.6 Å². The van der Waals surface area contributed by atoms with Crippen molar-refractivity contribution in [2.45, 2.75) is 75.3 Å². The maximum atomic E-state index is 13.2. The summed E-state index contributed by atoms with van der Waals surface area (Å²) >= 11 is 0. The Morgan fingerprint density at radius 1 is 1.09 bits per heavy atom. The van der Waals surface area contributed by atoms with E-state index in [1.165, 1.54) is 7.05 Å². The molecule has 2 rings (SSSR count). The molecule has 0 bridgehead atoms. The van der Waals surface area contributed by atoms with E-state index in [1.54, 1.807) is 0 Å². The van der Waals surface area contributed by atoms with E-state index in [1.807, 2.05) is 0 Å². The second-order valence-corrected chi connectivity index (χ2v) is 10.5. The first kappa shape index (κ1) is 27.1. The molecule has 5 nitrogen and oxygen atoms in total. The Morgan fingerprint density at radius 2 is 1.78 bits per heavy atom. The minimum Gasteiger partial charge on any atom is -0.395 e. The smallest absolute Gasteiger partial charge is 0.395 e. The van der Waals surface area contributed by atoms with Gasteiger partial charge in [-0.2, -0.15) is 13.2 Å². The fourth-order valence-electron chi connectivity index (χ4n) is 4.68. The van der Waals surface area contributed by atoms with Crippen LogP contribution in [-0.2, 0) is 16.2 Å². The fourth-order valence-corrected chi connectivity index (χ4v) is 5.68.